The third kappa shape index (κ3) is 3.83. The maximum Gasteiger partial charge on any atom is 0.341 e. The lowest BCUT2D eigenvalue weighted by atomic mass is 10.0. The minimum absolute atomic E-state index is 0.253. The van der Waals surface area contributed by atoms with E-state index in [-0.39, 0.29) is 12.5 Å². The molecule has 1 aromatic heterocycles. The first-order chi connectivity index (χ1) is 12.6. The minimum atomic E-state index is -0.438. The van der Waals surface area contributed by atoms with Gasteiger partial charge in [-0.1, -0.05) is 48.0 Å². The van der Waals surface area contributed by atoms with E-state index in [0.717, 1.165) is 16.7 Å². The minimum Gasteiger partial charge on any atom is -0.462 e. The van der Waals surface area contributed by atoms with Gasteiger partial charge in [0.05, 0.1) is 6.61 Å². The molecule has 0 radical (unpaired) electrons. The molecule has 0 aliphatic heterocycles. The molecule has 4 nitrogen and oxygen atoms in total. The summed E-state index contributed by atoms with van der Waals surface area (Å²) in [7, 11) is 0. The van der Waals surface area contributed by atoms with Crippen LogP contribution in [-0.2, 0) is 4.74 Å². The number of nitrogens with one attached hydrogen (secondary N) is 1. The molecule has 1 amide bonds. The largest absolute Gasteiger partial charge is 0.462 e. The van der Waals surface area contributed by atoms with E-state index in [0.29, 0.717) is 16.1 Å². The van der Waals surface area contributed by atoms with Gasteiger partial charge in [-0.2, -0.15) is 0 Å². The number of amides is 1. The second-order valence-electron chi connectivity index (χ2n) is 5.76. The molecule has 0 aliphatic rings. The molecule has 0 saturated carbocycles. The van der Waals surface area contributed by atoms with Gasteiger partial charge in [-0.05, 0) is 31.5 Å². The van der Waals surface area contributed by atoms with E-state index in [1.807, 2.05) is 54.8 Å². The van der Waals surface area contributed by atoms with Crippen molar-refractivity contribution in [3.05, 3.63) is 76.7 Å². The van der Waals surface area contributed by atoms with E-state index in [9.17, 15) is 9.59 Å². The van der Waals surface area contributed by atoms with Gasteiger partial charge in [0.2, 0.25) is 0 Å². The standard InChI is InChI=1S/C21H19NO3S/c1-3-25-21(24)18-17(15-7-5-4-6-8-15)13-26-20(18)22-19(23)16-11-9-14(2)10-12-16/h4-13H,3H2,1-2H3,(H,22,23). The summed E-state index contributed by atoms with van der Waals surface area (Å²) in [6.45, 7) is 4.00. The quantitative estimate of drug-likeness (QED) is 0.636. The summed E-state index contributed by atoms with van der Waals surface area (Å²) in [6.07, 6.45) is 0. The van der Waals surface area contributed by atoms with Crippen LogP contribution in [0.1, 0.15) is 33.2 Å². The van der Waals surface area contributed by atoms with E-state index >= 15 is 0 Å². The number of carbonyl (C=O) groups is 2. The molecule has 132 valence electrons. The van der Waals surface area contributed by atoms with E-state index in [2.05, 4.69) is 5.32 Å². The molecule has 2 aromatic carbocycles. The summed E-state index contributed by atoms with van der Waals surface area (Å²) >= 11 is 1.32. The summed E-state index contributed by atoms with van der Waals surface area (Å²) in [4.78, 5) is 25.1. The fraction of sp³-hybridized carbons (Fsp3) is 0.143. The summed E-state index contributed by atoms with van der Waals surface area (Å²) < 4.78 is 5.21. The Balaban J connectivity index is 1.96. The zero-order chi connectivity index (χ0) is 18.5. The van der Waals surface area contributed by atoms with Crippen molar-refractivity contribution in [1.29, 1.82) is 0 Å². The molecule has 3 rings (SSSR count). The first kappa shape index (κ1) is 17.9. The molecular weight excluding hydrogens is 346 g/mol. The first-order valence-electron chi connectivity index (χ1n) is 8.32. The van der Waals surface area contributed by atoms with Gasteiger partial charge < -0.3 is 10.1 Å². The highest BCUT2D eigenvalue weighted by Gasteiger charge is 2.23. The second-order valence-corrected chi connectivity index (χ2v) is 6.64. The highest BCUT2D eigenvalue weighted by molar-refractivity contribution is 7.15. The highest BCUT2D eigenvalue weighted by Crippen LogP contribution is 2.36. The van der Waals surface area contributed by atoms with Crippen LogP contribution in [0.5, 0.6) is 0 Å². The molecular formula is C21H19NO3S. The van der Waals surface area contributed by atoms with Gasteiger partial charge in [0.15, 0.2) is 0 Å². The van der Waals surface area contributed by atoms with Gasteiger partial charge in [0.25, 0.3) is 5.91 Å². The van der Waals surface area contributed by atoms with Crippen molar-refractivity contribution in [1.82, 2.24) is 0 Å². The summed E-state index contributed by atoms with van der Waals surface area (Å²) in [5.41, 5.74) is 3.68. The first-order valence-corrected chi connectivity index (χ1v) is 9.20. The number of ether oxygens (including phenoxy) is 1. The van der Waals surface area contributed by atoms with Crippen molar-refractivity contribution >= 4 is 28.2 Å². The van der Waals surface area contributed by atoms with Gasteiger partial charge in [0, 0.05) is 16.5 Å². The van der Waals surface area contributed by atoms with Crippen molar-refractivity contribution in [2.24, 2.45) is 0 Å². The number of rotatable bonds is 5. The molecule has 0 spiro atoms. The monoisotopic (exact) mass is 365 g/mol. The van der Waals surface area contributed by atoms with Crippen molar-refractivity contribution in [3.8, 4) is 11.1 Å². The van der Waals surface area contributed by atoms with E-state index < -0.39 is 5.97 Å². The molecule has 1 heterocycles. The lowest BCUT2D eigenvalue weighted by Gasteiger charge is -2.09. The van der Waals surface area contributed by atoms with Crippen LogP contribution in [0.15, 0.2) is 60.0 Å². The third-order valence-corrected chi connectivity index (χ3v) is 4.79. The molecule has 0 fully saturated rings. The summed E-state index contributed by atoms with van der Waals surface area (Å²) in [6, 6.07) is 16.9. The zero-order valence-electron chi connectivity index (χ0n) is 14.6. The number of thiophene rings is 1. The van der Waals surface area contributed by atoms with Crippen molar-refractivity contribution in [2.75, 3.05) is 11.9 Å². The van der Waals surface area contributed by atoms with Gasteiger partial charge in [-0.15, -0.1) is 11.3 Å². The average molecular weight is 365 g/mol. The van der Waals surface area contributed by atoms with Crippen molar-refractivity contribution in [2.45, 2.75) is 13.8 Å². The summed E-state index contributed by atoms with van der Waals surface area (Å²) in [5.74, 6) is -0.691. The smallest absolute Gasteiger partial charge is 0.341 e. The van der Waals surface area contributed by atoms with Crippen LogP contribution in [0, 0.1) is 6.92 Å². The predicted molar refractivity (Wildman–Crippen MR) is 105 cm³/mol. The maximum atomic E-state index is 12.5. The molecule has 3 aromatic rings. The molecule has 1 N–H and O–H groups in total. The van der Waals surface area contributed by atoms with Gasteiger partial charge in [-0.3, -0.25) is 4.79 Å². The van der Waals surface area contributed by atoms with E-state index in [1.165, 1.54) is 11.3 Å². The summed E-state index contributed by atoms with van der Waals surface area (Å²) in [5, 5.41) is 5.22. The van der Waals surface area contributed by atoms with Crippen LogP contribution in [-0.4, -0.2) is 18.5 Å². The molecule has 0 unspecified atom stereocenters. The molecule has 5 heteroatoms. The van der Waals surface area contributed by atoms with Crippen LogP contribution >= 0.6 is 11.3 Å². The van der Waals surface area contributed by atoms with Crippen LogP contribution in [0.3, 0.4) is 0 Å². The number of esters is 1. The zero-order valence-corrected chi connectivity index (χ0v) is 15.4. The Labute approximate surface area is 156 Å². The van der Waals surface area contributed by atoms with Crippen LogP contribution in [0.25, 0.3) is 11.1 Å². The predicted octanol–water partition coefficient (Wildman–Crippen LogP) is 5.15. The Bertz CT molecular complexity index is 914. The fourth-order valence-corrected chi connectivity index (χ4v) is 3.52. The number of hydrogen-bond donors (Lipinski definition) is 1. The molecule has 0 atom stereocenters. The van der Waals surface area contributed by atoms with Gasteiger partial charge >= 0.3 is 5.97 Å². The lowest BCUT2D eigenvalue weighted by Crippen LogP contribution is -2.14. The van der Waals surface area contributed by atoms with Crippen molar-refractivity contribution < 1.29 is 14.3 Å². The van der Waals surface area contributed by atoms with Crippen molar-refractivity contribution in [3.63, 3.8) is 0 Å². The Kier molecular flexibility index (Phi) is 5.49. The molecule has 0 saturated heterocycles. The topological polar surface area (TPSA) is 55.4 Å². The van der Waals surface area contributed by atoms with Gasteiger partial charge in [-0.25, -0.2) is 4.79 Å². The SMILES string of the molecule is CCOC(=O)c1c(-c2ccccc2)csc1NC(=O)c1ccc(C)cc1. The lowest BCUT2D eigenvalue weighted by molar-refractivity contribution is 0.0529. The maximum absolute atomic E-state index is 12.5. The third-order valence-electron chi connectivity index (χ3n) is 3.90. The van der Waals surface area contributed by atoms with E-state index in [1.54, 1.807) is 19.1 Å². The number of hydrogen-bond acceptors (Lipinski definition) is 4. The fourth-order valence-electron chi connectivity index (χ4n) is 2.57. The second kappa shape index (κ2) is 7.97. The van der Waals surface area contributed by atoms with Gasteiger partial charge in [0.1, 0.15) is 10.6 Å². The van der Waals surface area contributed by atoms with Crippen LogP contribution in [0.4, 0.5) is 5.00 Å². The normalized spacial score (nSPS) is 10.4. The Hall–Kier alpha value is -2.92. The molecule has 0 aliphatic carbocycles. The number of aryl methyl sites for hydroxylation is 1. The molecule has 26 heavy (non-hydrogen) atoms. The number of anilines is 1. The number of carbonyl (C=O) groups excluding carboxylic acids is 2. The Morgan fingerprint density at radius 3 is 2.38 bits per heavy atom. The van der Waals surface area contributed by atoms with E-state index in [4.69, 9.17) is 4.74 Å². The Morgan fingerprint density at radius 1 is 1.04 bits per heavy atom. The molecule has 0 bridgehead atoms. The highest BCUT2D eigenvalue weighted by atomic mass is 32.1. The average Bonchev–Trinajstić information content (AvgIpc) is 3.07. The van der Waals surface area contributed by atoms with Crippen LogP contribution < -0.4 is 5.32 Å². The number of benzene rings is 2. The Morgan fingerprint density at radius 2 is 1.73 bits per heavy atom. The van der Waals surface area contributed by atoms with Crippen LogP contribution in [0.2, 0.25) is 0 Å².